The van der Waals surface area contributed by atoms with Gasteiger partial charge in [-0.3, -0.25) is 0 Å². The highest BCUT2D eigenvalue weighted by Gasteiger charge is 2.14. The number of hydrogen-bond acceptors (Lipinski definition) is 2. The molecule has 0 amide bonds. The normalized spacial score (nSPS) is 15.3. The first kappa shape index (κ1) is 22.6. The van der Waals surface area contributed by atoms with Gasteiger partial charge >= 0.3 is 0 Å². The van der Waals surface area contributed by atoms with Gasteiger partial charge < -0.3 is 0 Å². The summed E-state index contributed by atoms with van der Waals surface area (Å²) in [7, 11) is 0. The van der Waals surface area contributed by atoms with E-state index >= 15 is 0 Å². The van der Waals surface area contributed by atoms with Crippen LogP contribution >= 0.6 is 22.7 Å². The Morgan fingerprint density at radius 2 is 1.21 bits per heavy atom. The van der Waals surface area contributed by atoms with Crippen LogP contribution in [0.1, 0.15) is 80.9 Å². The van der Waals surface area contributed by atoms with Gasteiger partial charge in [-0.2, -0.15) is 0 Å². The van der Waals surface area contributed by atoms with E-state index in [4.69, 9.17) is 0 Å². The zero-order chi connectivity index (χ0) is 22.9. The van der Waals surface area contributed by atoms with Crippen LogP contribution in [-0.4, -0.2) is 0 Å². The third-order valence-corrected chi connectivity index (χ3v) is 10.5. The maximum Gasteiger partial charge on any atom is 0.0424 e. The van der Waals surface area contributed by atoms with E-state index < -0.39 is 0 Å². The highest BCUT2D eigenvalue weighted by molar-refractivity contribution is 7.20. The maximum absolute atomic E-state index is 2.47. The molecule has 6 rings (SSSR count). The van der Waals surface area contributed by atoms with Crippen LogP contribution in [-0.2, 0) is 12.8 Å². The van der Waals surface area contributed by atoms with E-state index in [1.54, 1.807) is 9.75 Å². The number of rotatable bonds is 8. The lowest BCUT2D eigenvalue weighted by Gasteiger charge is -2.21. The van der Waals surface area contributed by atoms with Crippen LogP contribution < -0.4 is 0 Å². The summed E-state index contributed by atoms with van der Waals surface area (Å²) in [5.74, 6) is 0.997. The van der Waals surface area contributed by atoms with Crippen molar-refractivity contribution in [3.05, 3.63) is 58.3 Å². The number of thiophene rings is 2. The molecule has 0 aliphatic heterocycles. The molecule has 0 atom stereocenters. The van der Waals surface area contributed by atoms with Crippen LogP contribution in [0.3, 0.4) is 0 Å². The van der Waals surface area contributed by atoms with E-state index in [1.165, 1.54) is 119 Å². The van der Waals surface area contributed by atoms with Crippen LogP contribution in [0.5, 0.6) is 0 Å². The molecule has 2 aromatic heterocycles. The van der Waals surface area contributed by atoms with Crippen molar-refractivity contribution in [3.63, 3.8) is 0 Å². The Hall–Kier alpha value is -1.90. The van der Waals surface area contributed by atoms with E-state index in [9.17, 15) is 0 Å². The molecule has 0 bridgehead atoms. The Kier molecular flexibility index (Phi) is 6.63. The van der Waals surface area contributed by atoms with Crippen molar-refractivity contribution in [3.8, 4) is 0 Å². The van der Waals surface area contributed by atoms with Crippen LogP contribution in [0.4, 0.5) is 0 Å². The van der Waals surface area contributed by atoms with Crippen LogP contribution in [0.25, 0.3) is 41.7 Å². The van der Waals surface area contributed by atoms with Gasteiger partial charge in [0.2, 0.25) is 0 Å². The molecule has 0 N–H and O–H groups in total. The predicted molar refractivity (Wildman–Crippen MR) is 155 cm³/mol. The van der Waals surface area contributed by atoms with Crippen molar-refractivity contribution in [2.45, 2.75) is 84.0 Å². The zero-order valence-corrected chi connectivity index (χ0v) is 22.1. The lowest BCUT2D eigenvalue weighted by molar-refractivity contribution is 0.333. The topological polar surface area (TPSA) is 0 Å². The van der Waals surface area contributed by atoms with Crippen molar-refractivity contribution >= 4 is 64.4 Å². The van der Waals surface area contributed by atoms with Crippen molar-refractivity contribution < 1.29 is 0 Å². The molecule has 0 saturated heterocycles. The molecular formula is C32H36S2. The van der Waals surface area contributed by atoms with Gasteiger partial charge in [-0.25, -0.2) is 0 Å². The Labute approximate surface area is 212 Å². The summed E-state index contributed by atoms with van der Waals surface area (Å²) in [6, 6.07) is 19.2. The van der Waals surface area contributed by atoms with Gasteiger partial charge in [0.05, 0.1) is 0 Å². The average Bonchev–Trinajstić information content (AvgIpc) is 3.48. The quantitative estimate of drug-likeness (QED) is 0.152. The smallest absolute Gasteiger partial charge is 0.0424 e. The lowest BCUT2D eigenvalue weighted by Crippen LogP contribution is -2.06. The standard InChI is InChI=1S/C32H36S2/c1-2-3-5-12-27-18-25-16-14-23-21-30-24(20-29(23)31(25)33-27)15-17-26-19-28(34-32(26)30)13-8-11-22-9-6-4-7-10-22/h14-22H,2-13H2,1H3. The minimum absolute atomic E-state index is 0.997. The Balaban J connectivity index is 1.30. The molecule has 2 heteroatoms. The van der Waals surface area contributed by atoms with Gasteiger partial charge in [0.25, 0.3) is 0 Å². The van der Waals surface area contributed by atoms with Crippen molar-refractivity contribution in [2.75, 3.05) is 0 Å². The number of hydrogen-bond donors (Lipinski definition) is 0. The molecule has 34 heavy (non-hydrogen) atoms. The van der Waals surface area contributed by atoms with E-state index in [0.717, 1.165) is 5.92 Å². The average molecular weight is 485 g/mol. The summed E-state index contributed by atoms with van der Waals surface area (Å²) in [4.78, 5) is 3.12. The van der Waals surface area contributed by atoms with E-state index in [1.807, 2.05) is 22.7 Å². The fraction of sp³-hybridized carbons (Fsp3) is 0.438. The van der Waals surface area contributed by atoms with E-state index in [-0.39, 0.29) is 0 Å². The third kappa shape index (κ3) is 4.52. The monoisotopic (exact) mass is 484 g/mol. The minimum Gasteiger partial charge on any atom is -0.140 e. The molecule has 3 aromatic carbocycles. The van der Waals surface area contributed by atoms with E-state index in [0.29, 0.717) is 0 Å². The molecule has 1 aliphatic carbocycles. The van der Waals surface area contributed by atoms with Gasteiger partial charge in [-0.1, -0.05) is 82.6 Å². The summed E-state index contributed by atoms with van der Waals surface area (Å²) in [6.07, 6.45) is 16.5. The van der Waals surface area contributed by atoms with Gasteiger partial charge in [0, 0.05) is 29.9 Å². The molecule has 2 heterocycles. The SMILES string of the molecule is CCCCCc1cc2ccc3cc4c(ccc5cc(CCCC6CCCCC6)sc54)cc3c2s1. The molecule has 0 spiro atoms. The Morgan fingerprint density at radius 3 is 1.79 bits per heavy atom. The molecule has 0 nitrogen and oxygen atoms in total. The first-order valence-corrected chi connectivity index (χ1v) is 15.2. The molecule has 1 fully saturated rings. The summed E-state index contributed by atoms with van der Waals surface area (Å²) in [6.45, 7) is 2.29. The summed E-state index contributed by atoms with van der Waals surface area (Å²) in [5.41, 5.74) is 0. The second-order valence-electron chi connectivity index (χ2n) is 10.5. The summed E-state index contributed by atoms with van der Waals surface area (Å²) in [5, 5.41) is 8.50. The molecular weight excluding hydrogens is 448 g/mol. The number of benzene rings is 3. The van der Waals surface area contributed by atoms with Crippen molar-refractivity contribution in [1.29, 1.82) is 0 Å². The van der Waals surface area contributed by atoms with Crippen LogP contribution in [0, 0.1) is 5.92 Å². The maximum atomic E-state index is 2.47. The first-order valence-electron chi connectivity index (χ1n) is 13.6. The first-order chi connectivity index (χ1) is 16.8. The Bertz CT molecular complexity index is 1430. The number of unbranched alkanes of at least 4 members (excludes halogenated alkanes) is 2. The molecule has 0 unspecified atom stereocenters. The molecule has 5 aromatic rings. The highest BCUT2D eigenvalue weighted by Crippen LogP contribution is 2.39. The van der Waals surface area contributed by atoms with Crippen molar-refractivity contribution in [2.24, 2.45) is 5.92 Å². The Morgan fingerprint density at radius 1 is 0.647 bits per heavy atom. The van der Waals surface area contributed by atoms with Gasteiger partial charge in [-0.05, 0) is 77.4 Å². The number of aryl methyl sites for hydroxylation is 2. The highest BCUT2D eigenvalue weighted by atomic mass is 32.1. The fourth-order valence-corrected chi connectivity index (χ4v) is 8.54. The van der Waals surface area contributed by atoms with Gasteiger partial charge in [-0.15, -0.1) is 22.7 Å². The summed E-state index contributed by atoms with van der Waals surface area (Å²) < 4.78 is 2.96. The van der Waals surface area contributed by atoms with Crippen LogP contribution in [0.2, 0.25) is 0 Å². The third-order valence-electron chi connectivity index (χ3n) is 8.01. The molecule has 176 valence electrons. The minimum atomic E-state index is 0.997. The molecule has 0 radical (unpaired) electrons. The van der Waals surface area contributed by atoms with E-state index in [2.05, 4.69) is 55.5 Å². The fourth-order valence-electron chi connectivity index (χ4n) is 6.08. The predicted octanol–water partition coefficient (Wildman–Crippen LogP) is 11.1. The summed E-state index contributed by atoms with van der Waals surface area (Å²) >= 11 is 4.06. The second kappa shape index (κ2) is 9.99. The second-order valence-corrected chi connectivity index (χ2v) is 12.8. The lowest BCUT2D eigenvalue weighted by atomic mass is 9.86. The van der Waals surface area contributed by atoms with Crippen LogP contribution in [0.15, 0.2) is 48.5 Å². The van der Waals surface area contributed by atoms with Gasteiger partial charge in [0.15, 0.2) is 0 Å². The van der Waals surface area contributed by atoms with Crippen molar-refractivity contribution in [1.82, 2.24) is 0 Å². The molecule has 1 aliphatic rings. The largest absolute Gasteiger partial charge is 0.140 e. The number of fused-ring (bicyclic) bond motifs is 6. The molecule has 1 saturated carbocycles. The van der Waals surface area contributed by atoms with Gasteiger partial charge in [0.1, 0.15) is 0 Å². The zero-order valence-electron chi connectivity index (χ0n) is 20.5.